The summed E-state index contributed by atoms with van der Waals surface area (Å²) in [7, 11) is 0. The lowest BCUT2D eigenvalue weighted by atomic mass is 10.1. The average molecular weight is 396 g/mol. The van der Waals surface area contributed by atoms with Crippen LogP contribution < -0.4 is 5.32 Å². The number of nitrogens with one attached hydrogen (secondary N) is 1. The number of nitrogens with zero attached hydrogens (tertiary/aromatic N) is 1. The smallest absolute Gasteiger partial charge is 0.341 e. The Hall–Kier alpha value is -3.19. The fourth-order valence-electron chi connectivity index (χ4n) is 2.74. The molecule has 0 aliphatic rings. The molecule has 1 aromatic carbocycles. The van der Waals surface area contributed by atoms with Gasteiger partial charge in [0.05, 0.1) is 17.9 Å². The largest absolute Gasteiger partial charge is 0.462 e. The third-order valence-corrected chi connectivity index (χ3v) is 5.20. The van der Waals surface area contributed by atoms with E-state index in [9.17, 15) is 14.4 Å². The fraction of sp³-hybridized carbons (Fsp3) is 0.190. The topological polar surface area (TPSA) is 77.4 Å². The lowest BCUT2D eigenvalue weighted by Gasteiger charge is -2.07. The number of rotatable bonds is 8. The molecule has 0 aliphatic carbocycles. The van der Waals surface area contributed by atoms with Crippen molar-refractivity contribution in [1.29, 1.82) is 0 Å². The van der Waals surface area contributed by atoms with E-state index >= 15 is 0 Å². The van der Waals surface area contributed by atoms with E-state index in [0.717, 1.165) is 16.7 Å². The van der Waals surface area contributed by atoms with Crippen LogP contribution in [0.5, 0.6) is 0 Å². The van der Waals surface area contributed by atoms with Crippen molar-refractivity contribution in [2.45, 2.75) is 19.9 Å². The zero-order valence-electron chi connectivity index (χ0n) is 15.4. The number of amides is 1. The number of aryl methyl sites for hydroxylation is 1. The highest BCUT2D eigenvalue weighted by molar-refractivity contribution is 7.20. The first-order valence-corrected chi connectivity index (χ1v) is 9.70. The Morgan fingerprint density at radius 3 is 2.68 bits per heavy atom. The van der Waals surface area contributed by atoms with Crippen LogP contribution in [0.3, 0.4) is 0 Å². The van der Waals surface area contributed by atoms with E-state index < -0.39 is 5.97 Å². The molecule has 0 radical (unpaired) electrons. The monoisotopic (exact) mass is 396 g/mol. The third-order valence-electron chi connectivity index (χ3n) is 4.10. The SMILES string of the molecule is CCOC(=O)c1cc(-c2ccccc2)sc1NC(=O)CCn1cccc1C=O. The normalized spacial score (nSPS) is 10.5. The zero-order valence-corrected chi connectivity index (χ0v) is 16.2. The minimum atomic E-state index is -0.468. The van der Waals surface area contributed by atoms with Crippen LogP contribution in [-0.4, -0.2) is 29.3 Å². The van der Waals surface area contributed by atoms with Crippen LogP contribution in [0.15, 0.2) is 54.7 Å². The van der Waals surface area contributed by atoms with Gasteiger partial charge in [0.25, 0.3) is 0 Å². The Kier molecular flexibility index (Phi) is 6.39. The summed E-state index contributed by atoms with van der Waals surface area (Å²) in [5.74, 6) is -0.706. The molecule has 0 spiro atoms. The highest BCUT2D eigenvalue weighted by Crippen LogP contribution is 2.36. The van der Waals surface area contributed by atoms with E-state index in [1.54, 1.807) is 35.9 Å². The Balaban J connectivity index is 1.77. The summed E-state index contributed by atoms with van der Waals surface area (Å²) in [6.07, 6.45) is 2.68. The number of ether oxygens (including phenoxy) is 1. The van der Waals surface area contributed by atoms with Gasteiger partial charge in [0.2, 0.25) is 5.91 Å². The van der Waals surface area contributed by atoms with Gasteiger partial charge in [-0.2, -0.15) is 0 Å². The first-order valence-electron chi connectivity index (χ1n) is 8.89. The van der Waals surface area contributed by atoms with Crippen molar-refractivity contribution >= 4 is 34.5 Å². The number of carbonyl (C=O) groups is 3. The molecule has 3 aromatic rings. The van der Waals surface area contributed by atoms with Gasteiger partial charge in [-0.15, -0.1) is 11.3 Å². The molecular weight excluding hydrogens is 376 g/mol. The molecule has 0 saturated heterocycles. The van der Waals surface area contributed by atoms with Gasteiger partial charge < -0.3 is 14.6 Å². The van der Waals surface area contributed by atoms with Crippen molar-refractivity contribution in [3.05, 3.63) is 66.0 Å². The van der Waals surface area contributed by atoms with Gasteiger partial charge in [-0.3, -0.25) is 9.59 Å². The summed E-state index contributed by atoms with van der Waals surface area (Å²) in [6.45, 7) is 2.37. The predicted octanol–water partition coefficient (Wildman–Crippen LogP) is 4.23. The van der Waals surface area contributed by atoms with Crippen molar-refractivity contribution in [3.63, 3.8) is 0 Å². The van der Waals surface area contributed by atoms with Crippen LogP contribution in [0.1, 0.15) is 34.2 Å². The molecule has 1 N–H and O–H groups in total. The quantitative estimate of drug-likeness (QED) is 0.456. The van der Waals surface area contributed by atoms with Gasteiger partial charge in [-0.05, 0) is 30.7 Å². The molecular formula is C21H20N2O4S. The first-order chi connectivity index (χ1) is 13.6. The molecule has 2 aromatic heterocycles. The number of hydrogen-bond donors (Lipinski definition) is 1. The van der Waals surface area contributed by atoms with Gasteiger partial charge in [0, 0.05) is 24.0 Å². The van der Waals surface area contributed by atoms with Crippen LogP contribution in [0.4, 0.5) is 5.00 Å². The number of aromatic nitrogens is 1. The molecule has 0 bridgehead atoms. The number of benzene rings is 1. The Morgan fingerprint density at radius 2 is 1.96 bits per heavy atom. The van der Waals surface area contributed by atoms with Crippen molar-refractivity contribution in [2.75, 3.05) is 11.9 Å². The Morgan fingerprint density at radius 1 is 1.18 bits per heavy atom. The van der Waals surface area contributed by atoms with Crippen molar-refractivity contribution in [2.24, 2.45) is 0 Å². The van der Waals surface area contributed by atoms with Gasteiger partial charge >= 0.3 is 5.97 Å². The lowest BCUT2D eigenvalue weighted by Crippen LogP contribution is -2.16. The molecule has 3 rings (SSSR count). The van der Waals surface area contributed by atoms with E-state index in [2.05, 4.69) is 5.32 Å². The Bertz CT molecular complexity index is 975. The standard InChI is InChI=1S/C21H20N2O4S/c1-2-27-21(26)17-13-18(15-7-4-3-5-8-15)28-20(17)22-19(25)10-12-23-11-6-9-16(23)14-24/h3-9,11,13-14H,2,10,12H2,1H3,(H,22,25). The van der Waals surface area contributed by atoms with Crippen LogP contribution >= 0.6 is 11.3 Å². The van der Waals surface area contributed by atoms with Crippen LogP contribution in [-0.2, 0) is 16.1 Å². The van der Waals surface area contributed by atoms with Crippen LogP contribution in [0.25, 0.3) is 10.4 Å². The number of aldehydes is 1. The summed E-state index contributed by atoms with van der Waals surface area (Å²) in [5, 5.41) is 3.28. The highest BCUT2D eigenvalue weighted by atomic mass is 32.1. The molecule has 7 heteroatoms. The van der Waals surface area contributed by atoms with E-state index in [-0.39, 0.29) is 18.9 Å². The minimum absolute atomic E-state index is 0.177. The summed E-state index contributed by atoms with van der Waals surface area (Å²) < 4.78 is 6.83. The van der Waals surface area contributed by atoms with Crippen molar-refractivity contribution in [3.8, 4) is 10.4 Å². The van der Waals surface area contributed by atoms with Gasteiger partial charge in [0.15, 0.2) is 6.29 Å². The van der Waals surface area contributed by atoms with E-state index in [4.69, 9.17) is 4.74 Å². The summed E-state index contributed by atoms with van der Waals surface area (Å²) in [4.78, 5) is 36.6. The number of anilines is 1. The predicted molar refractivity (Wildman–Crippen MR) is 109 cm³/mol. The number of esters is 1. The summed E-state index contributed by atoms with van der Waals surface area (Å²) >= 11 is 1.33. The summed E-state index contributed by atoms with van der Waals surface area (Å²) in [5.41, 5.74) is 1.82. The molecule has 0 saturated carbocycles. The second-order valence-corrected chi connectivity index (χ2v) is 7.03. The van der Waals surface area contributed by atoms with Crippen LogP contribution in [0.2, 0.25) is 0 Å². The van der Waals surface area contributed by atoms with E-state index in [1.807, 2.05) is 30.3 Å². The van der Waals surface area contributed by atoms with E-state index in [1.165, 1.54) is 11.3 Å². The van der Waals surface area contributed by atoms with Gasteiger partial charge in [0.1, 0.15) is 5.00 Å². The molecule has 144 valence electrons. The second-order valence-electron chi connectivity index (χ2n) is 5.98. The molecule has 0 aliphatic heterocycles. The number of hydrogen-bond acceptors (Lipinski definition) is 5. The maximum atomic E-state index is 12.4. The van der Waals surface area contributed by atoms with Gasteiger partial charge in [-0.1, -0.05) is 30.3 Å². The van der Waals surface area contributed by atoms with E-state index in [0.29, 0.717) is 22.8 Å². The minimum Gasteiger partial charge on any atom is -0.462 e. The number of thiophene rings is 1. The molecule has 0 unspecified atom stereocenters. The zero-order chi connectivity index (χ0) is 19.9. The molecule has 2 heterocycles. The van der Waals surface area contributed by atoms with Gasteiger partial charge in [-0.25, -0.2) is 4.79 Å². The highest BCUT2D eigenvalue weighted by Gasteiger charge is 2.19. The molecule has 6 nitrogen and oxygen atoms in total. The van der Waals surface area contributed by atoms with Crippen molar-refractivity contribution < 1.29 is 19.1 Å². The molecule has 1 amide bonds. The maximum absolute atomic E-state index is 12.4. The number of carbonyl (C=O) groups excluding carboxylic acids is 3. The fourth-order valence-corrected chi connectivity index (χ4v) is 3.81. The Labute approximate surface area is 166 Å². The molecule has 0 atom stereocenters. The molecule has 0 fully saturated rings. The maximum Gasteiger partial charge on any atom is 0.341 e. The van der Waals surface area contributed by atoms with Crippen molar-refractivity contribution in [1.82, 2.24) is 4.57 Å². The lowest BCUT2D eigenvalue weighted by molar-refractivity contribution is -0.116. The molecule has 28 heavy (non-hydrogen) atoms. The first kappa shape index (κ1) is 19.6. The third kappa shape index (κ3) is 4.55. The van der Waals surface area contributed by atoms with Crippen LogP contribution in [0, 0.1) is 0 Å². The average Bonchev–Trinajstić information content (AvgIpc) is 3.34. The summed E-state index contributed by atoms with van der Waals surface area (Å²) in [6, 6.07) is 14.8. The second kappa shape index (κ2) is 9.14.